The molecule has 106 valence electrons. The number of aryl methyl sites for hydroxylation is 1. The number of benzene rings is 1. The van der Waals surface area contributed by atoms with Gasteiger partial charge in [-0.2, -0.15) is 0 Å². The number of hydrogen-bond donors (Lipinski definition) is 1. The third kappa shape index (κ3) is 3.36. The molecule has 1 amide bonds. The van der Waals surface area contributed by atoms with Crippen LogP contribution in [0.5, 0.6) is 0 Å². The van der Waals surface area contributed by atoms with E-state index in [1.165, 1.54) is 0 Å². The zero-order chi connectivity index (χ0) is 14.7. The highest BCUT2D eigenvalue weighted by atomic mass is 32.1. The summed E-state index contributed by atoms with van der Waals surface area (Å²) in [5, 5.41) is 6.52. The van der Waals surface area contributed by atoms with Gasteiger partial charge in [0.1, 0.15) is 0 Å². The number of aromatic nitrogens is 1. The molecule has 0 aliphatic carbocycles. The lowest BCUT2D eigenvalue weighted by Crippen LogP contribution is -2.21. The SMILES string of the molecule is Cc1nc(C(C)Nc2ccc(C(=O)N(C)C)cc2)cs1. The Morgan fingerprint density at radius 2 is 1.95 bits per heavy atom. The lowest BCUT2D eigenvalue weighted by Gasteiger charge is -2.14. The van der Waals surface area contributed by atoms with Gasteiger partial charge in [0.25, 0.3) is 5.91 Å². The largest absolute Gasteiger partial charge is 0.377 e. The van der Waals surface area contributed by atoms with Crippen LogP contribution in [0.1, 0.15) is 34.0 Å². The number of anilines is 1. The summed E-state index contributed by atoms with van der Waals surface area (Å²) < 4.78 is 0. The monoisotopic (exact) mass is 289 g/mol. The predicted molar refractivity (Wildman–Crippen MR) is 83.3 cm³/mol. The molecule has 0 aliphatic heterocycles. The smallest absolute Gasteiger partial charge is 0.253 e. The molecule has 1 aromatic heterocycles. The zero-order valence-corrected chi connectivity index (χ0v) is 13.0. The summed E-state index contributed by atoms with van der Waals surface area (Å²) >= 11 is 1.65. The number of carbonyl (C=O) groups excluding carboxylic acids is 1. The average Bonchev–Trinajstić information content (AvgIpc) is 2.85. The fourth-order valence-corrected chi connectivity index (χ4v) is 2.58. The minimum Gasteiger partial charge on any atom is -0.377 e. The van der Waals surface area contributed by atoms with E-state index >= 15 is 0 Å². The van der Waals surface area contributed by atoms with E-state index in [9.17, 15) is 4.79 Å². The van der Waals surface area contributed by atoms with Crippen molar-refractivity contribution < 1.29 is 4.79 Å². The van der Waals surface area contributed by atoms with E-state index in [4.69, 9.17) is 0 Å². The van der Waals surface area contributed by atoms with Gasteiger partial charge in [-0.3, -0.25) is 4.79 Å². The second-order valence-corrected chi connectivity index (χ2v) is 6.00. The molecule has 2 rings (SSSR count). The molecule has 1 N–H and O–H groups in total. The summed E-state index contributed by atoms with van der Waals surface area (Å²) in [5.41, 5.74) is 2.72. The Kier molecular flexibility index (Phi) is 4.39. The first kappa shape index (κ1) is 14.5. The summed E-state index contributed by atoms with van der Waals surface area (Å²) in [4.78, 5) is 17.8. The highest BCUT2D eigenvalue weighted by Gasteiger charge is 2.10. The molecule has 1 unspecified atom stereocenters. The van der Waals surface area contributed by atoms with E-state index in [0.29, 0.717) is 5.56 Å². The minimum atomic E-state index is 0.0136. The maximum absolute atomic E-state index is 11.8. The summed E-state index contributed by atoms with van der Waals surface area (Å²) in [6.45, 7) is 4.08. The number of amides is 1. The van der Waals surface area contributed by atoms with Crippen molar-refractivity contribution in [2.45, 2.75) is 19.9 Å². The van der Waals surface area contributed by atoms with Gasteiger partial charge in [0.15, 0.2) is 0 Å². The van der Waals surface area contributed by atoms with Gasteiger partial charge >= 0.3 is 0 Å². The Hall–Kier alpha value is -1.88. The van der Waals surface area contributed by atoms with Crippen molar-refractivity contribution in [3.63, 3.8) is 0 Å². The van der Waals surface area contributed by atoms with Crippen LogP contribution in [0.4, 0.5) is 5.69 Å². The Labute approximate surface area is 123 Å². The van der Waals surface area contributed by atoms with Crippen molar-refractivity contribution in [2.24, 2.45) is 0 Å². The van der Waals surface area contributed by atoms with Crippen LogP contribution in [-0.4, -0.2) is 29.9 Å². The van der Waals surface area contributed by atoms with E-state index in [1.807, 2.05) is 31.2 Å². The van der Waals surface area contributed by atoms with Crippen molar-refractivity contribution in [3.05, 3.63) is 45.9 Å². The summed E-state index contributed by atoms with van der Waals surface area (Å²) in [6, 6.07) is 7.67. The molecule has 20 heavy (non-hydrogen) atoms. The van der Waals surface area contributed by atoms with Gasteiger partial charge in [0, 0.05) is 30.7 Å². The van der Waals surface area contributed by atoms with Crippen molar-refractivity contribution in [1.29, 1.82) is 0 Å². The zero-order valence-electron chi connectivity index (χ0n) is 12.2. The third-order valence-electron chi connectivity index (χ3n) is 3.00. The Morgan fingerprint density at radius 3 is 2.45 bits per heavy atom. The standard InChI is InChI=1S/C15H19N3OS/c1-10(14-9-20-11(2)17-14)16-13-7-5-12(6-8-13)15(19)18(3)4/h5-10,16H,1-4H3. The molecular formula is C15H19N3OS. The first-order chi connectivity index (χ1) is 9.47. The number of nitrogens with one attached hydrogen (secondary N) is 1. The first-order valence-corrected chi connectivity index (χ1v) is 7.35. The number of nitrogens with zero attached hydrogens (tertiary/aromatic N) is 2. The minimum absolute atomic E-state index is 0.0136. The Morgan fingerprint density at radius 1 is 1.30 bits per heavy atom. The molecule has 0 aliphatic rings. The Balaban J connectivity index is 2.05. The van der Waals surface area contributed by atoms with Crippen molar-refractivity contribution in [3.8, 4) is 0 Å². The number of carbonyl (C=O) groups is 1. The third-order valence-corrected chi connectivity index (χ3v) is 3.79. The second kappa shape index (κ2) is 6.05. The van der Waals surface area contributed by atoms with Gasteiger partial charge in [-0.15, -0.1) is 11.3 Å². The molecule has 0 spiro atoms. The number of thiazole rings is 1. The molecule has 0 saturated heterocycles. The van der Waals surface area contributed by atoms with Gasteiger partial charge in [-0.1, -0.05) is 0 Å². The van der Waals surface area contributed by atoms with Crippen LogP contribution in [0, 0.1) is 6.92 Å². The maximum Gasteiger partial charge on any atom is 0.253 e. The molecule has 1 aromatic carbocycles. The predicted octanol–water partition coefficient (Wildman–Crippen LogP) is 3.33. The maximum atomic E-state index is 11.8. The molecule has 5 heteroatoms. The van der Waals surface area contributed by atoms with Crippen LogP contribution in [0.2, 0.25) is 0 Å². The van der Waals surface area contributed by atoms with Crippen LogP contribution in [0.3, 0.4) is 0 Å². The van der Waals surface area contributed by atoms with E-state index in [-0.39, 0.29) is 11.9 Å². The second-order valence-electron chi connectivity index (χ2n) is 4.93. The van der Waals surface area contributed by atoms with Crippen molar-refractivity contribution in [2.75, 3.05) is 19.4 Å². The van der Waals surface area contributed by atoms with Gasteiger partial charge < -0.3 is 10.2 Å². The highest BCUT2D eigenvalue weighted by Crippen LogP contribution is 2.21. The molecular weight excluding hydrogens is 270 g/mol. The normalized spacial score (nSPS) is 12.0. The van der Waals surface area contributed by atoms with E-state index in [0.717, 1.165) is 16.4 Å². The molecule has 4 nitrogen and oxygen atoms in total. The van der Waals surface area contributed by atoms with Crippen LogP contribution in [0.25, 0.3) is 0 Å². The molecule has 1 heterocycles. The molecule has 1 atom stereocenters. The first-order valence-electron chi connectivity index (χ1n) is 6.47. The van der Waals surface area contributed by atoms with Crippen LogP contribution < -0.4 is 5.32 Å². The average molecular weight is 289 g/mol. The molecule has 0 saturated carbocycles. The van der Waals surface area contributed by atoms with E-state index < -0.39 is 0 Å². The van der Waals surface area contributed by atoms with Crippen LogP contribution in [-0.2, 0) is 0 Å². The molecule has 0 radical (unpaired) electrons. The van der Waals surface area contributed by atoms with Crippen molar-refractivity contribution in [1.82, 2.24) is 9.88 Å². The Bertz CT molecular complexity index is 589. The van der Waals surface area contributed by atoms with Gasteiger partial charge in [0.05, 0.1) is 16.7 Å². The van der Waals surface area contributed by atoms with Crippen molar-refractivity contribution >= 4 is 22.9 Å². The topological polar surface area (TPSA) is 45.2 Å². The quantitative estimate of drug-likeness (QED) is 0.939. The highest BCUT2D eigenvalue weighted by molar-refractivity contribution is 7.09. The lowest BCUT2D eigenvalue weighted by molar-refractivity contribution is 0.0827. The molecule has 2 aromatic rings. The van der Waals surface area contributed by atoms with Gasteiger partial charge in [-0.25, -0.2) is 4.98 Å². The lowest BCUT2D eigenvalue weighted by atomic mass is 10.1. The van der Waals surface area contributed by atoms with Crippen LogP contribution in [0.15, 0.2) is 29.6 Å². The van der Waals surface area contributed by atoms with Crippen LogP contribution >= 0.6 is 11.3 Å². The summed E-state index contributed by atoms with van der Waals surface area (Å²) in [5.74, 6) is 0.0136. The molecule has 0 fully saturated rings. The molecule has 0 bridgehead atoms. The van der Waals surface area contributed by atoms with E-state index in [2.05, 4.69) is 22.6 Å². The summed E-state index contributed by atoms with van der Waals surface area (Å²) in [6.07, 6.45) is 0. The van der Waals surface area contributed by atoms with E-state index in [1.54, 1.807) is 30.3 Å². The summed E-state index contributed by atoms with van der Waals surface area (Å²) in [7, 11) is 3.50. The number of rotatable bonds is 4. The fraction of sp³-hybridized carbons (Fsp3) is 0.333. The van der Waals surface area contributed by atoms with Gasteiger partial charge in [-0.05, 0) is 38.1 Å². The number of hydrogen-bond acceptors (Lipinski definition) is 4. The van der Waals surface area contributed by atoms with Gasteiger partial charge in [0.2, 0.25) is 0 Å². The fourth-order valence-electron chi connectivity index (χ4n) is 1.87.